The van der Waals surface area contributed by atoms with E-state index in [0.717, 1.165) is 17.4 Å². The third kappa shape index (κ3) is 4.70. The normalized spacial score (nSPS) is 12.1. The van der Waals surface area contributed by atoms with Crippen LogP contribution in [0.4, 0.5) is 5.69 Å². The minimum absolute atomic E-state index is 0.195. The summed E-state index contributed by atoms with van der Waals surface area (Å²) in [7, 11) is 0. The maximum Gasteiger partial charge on any atom is 0.245 e. The van der Waals surface area contributed by atoms with Crippen molar-refractivity contribution in [3.8, 4) is 5.88 Å². The summed E-state index contributed by atoms with van der Waals surface area (Å²) in [5, 5.41) is 13.0. The molecule has 1 aromatic heterocycles. The highest BCUT2D eigenvalue weighted by atomic mass is 32.2. The van der Waals surface area contributed by atoms with E-state index in [9.17, 15) is 5.11 Å². The van der Waals surface area contributed by atoms with Crippen LogP contribution in [0.5, 0.6) is 5.88 Å². The second kappa shape index (κ2) is 7.32. The molecule has 0 radical (unpaired) electrons. The van der Waals surface area contributed by atoms with Gasteiger partial charge in [-0.15, -0.1) is 16.1 Å². The molecule has 7 heteroatoms. The van der Waals surface area contributed by atoms with Gasteiger partial charge in [0, 0.05) is 17.1 Å². The van der Waals surface area contributed by atoms with Gasteiger partial charge >= 0.3 is 0 Å². The molecule has 0 aliphatic carbocycles. The molecule has 5 nitrogen and oxygen atoms in total. The van der Waals surface area contributed by atoms with Crippen LogP contribution in [-0.4, -0.2) is 39.4 Å². The molecule has 2 N–H and O–H groups in total. The number of aromatic nitrogens is 2. The van der Waals surface area contributed by atoms with Crippen LogP contribution in [-0.2, 0) is 0 Å². The van der Waals surface area contributed by atoms with E-state index in [0.29, 0.717) is 12.4 Å². The second-order valence-electron chi connectivity index (χ2n) is 3.82. The first-order valence-corrected chi connectivity index (χ1v) is 7.70. The van der Waals surface area contributed by atoms with Gasteiger partial charge in [0.05, 0.1) is 11.7 Å². The molecule has 0 saturated heterocycles. The van der Waals surface area contributed by atoms with Gasteiger partial charge in [-0.3, -0.25) is 0 Å². The number of nitrogens with zero attached hydrogens (tertiary/aromatic N) is 2. The molecule has 102 valence electrons. The third-order valence-corrected chi connectivity index (χ3v) is 3.56. The molecule has 0 spiro atoms. The number of ether oxygens (including phenoxy) is 1. The Morgan fingerprint density at radius 3 is 3.16 bits per heavy atom. The topological polar surface area (TPSA) is 67.3 Å². The fourth-order valence-corrected chi connectivity index (χ4v) is 2.25. The van der Waals surface area contributed by atoms with Gasteiger partial charge in [-0.05, 0) is 24.5 Å². The Kier molecular flexibility index (Phi) is 5.44. The monoisotopic (exact) mass is 297 g/mol. The number of benzene rings is 1. The Labute approximate surface area is 120 Å². The lowest BCUT2D eigenvalue weighted by Crippen LogP contribution is -2.26. The average Bonchev–Trinajstić information content (AvgIpc) is 2.96. The summed E-state index contributed by atoms with van der Waals surface area (Å²) in [6.45, 7) is 0.621. The number of anilines is 1. The average molecular weight is 297 g/mol. The van der Waals surface area contributed by atoms with Gasteiger partial charge < -0.3 is 15.2 Å². The Morgan fingerprint density at radius 2 is 2.42 bits per heavy atom. The molecule has 0 amide bonds. The van der Waals surface area contributed by atoms with E-state index < -0.39 is 6.10 Å². The minimum Gasteiger partial charge on any atom is -0.473 e. The zero-order chi connectivity index (χ0) is 13.5. The van der Waals surface area contributed by atoms with Crippen molar-refractivity contribution in [1.29, 1.82) is 0 Å². The van der Waals surface area contributed by atoms with Crippen LogP contribution in [0.15, 0.2) is 35.4 Å². The lowest BCUT2D eigenvalue weighted by Gasteiger charge is -2.13. The van der Waals surface area contributed by atoms with Crippen molar-refractivity contribution in [1.82, 2.24) is 8.75 Å². The molecule has 0 saturated carbocycles. The standard InChI is InChI=1S/C12H15N3O2S2/c1-18-11-4-2-3-9(5-11)13-6-10(16)8-17-12-7-14-19-15-12/h2-5,7,10,13,16H,6,8H2,1H3. The lowest BCUT2D eigenvalue weighted by atomic mass is 10.3. The first kappa shape index (κ1) is 14.1. The number of aliphatic hydroxyl groups excluding tert-OH is 1. The van der Waals surface area contributed by atoms with Crippen molar-refractivity contribution in [3.63, 3.8) is 0 Å². The molecule has 1 aromatic carbocycles. The summed E-state index contributed by atoms with van der Waals surface area (Å²) < 4.78 is 13.0. The maximum absolute atomic E-state index is 9.80. The largest absolute Gasteiger partial charge is 0.473 e. The molecule has 2 rings (SSSR count). The molecule has 1 heterocycles. The van der Waals surface area contributed by atoms with Gasteiger partial charge in [0.2, 0.25) is 5.88 Å². The van der Waals surface area contributed by atoms with Gasteiger partial charge in [0.25, 0.3) is 0 Å². The summed E-state index contributed by atoms with van der Waals surface area (Å²) in [5.74, 6) is 0.452. The van der Waals surface area contributed by atoms with Crippen LogP contribution in [0.2, 0.25) is 0 Å². The first-order valence-electron chi connectivity index (χ1n) is 5.74. The van der Waals surface area contributed by atoms with Crippen molar-refractivity contribution >= 4 is 29.2 Å². The van der Waals surface area contributed by atoms with E-state index in [-0.39, 0.29) is 6.61 Å². The number of nitrogens with one attached hydrogen (secondary N) is 1. The molecule has 2 aromatic rings. The van der Waals surface area contributed by atoms with E-state index in [1.54, 1.807) is 11.8 Å². The zero-order valence-corrected chi connectivity index (χ0v) is 12.1. The number of aliphatic hydroxyl groups is 1. The number of hydrogen-bond donors (Lipinski definition) is 2. The van der Waals surface area contributed by atoms with E-state index in [4.69, 9.17) is 4.74 Å². The van der Waals surface area contributed by atoms with E-state index in [1.807, 2.05) is 30.5 Å². The molecular weight excluding hydrogens is 282 g/mol. The number of hydrogen-bond acceptors (Lipinski definition) is 7. The molecule has 1 atom stereocenters. The molecular formula is C12H15N3O2S2. The summed E-state index contributed by atoms with van der Waals surface area (Å²) in [6.07, 6.45) is 2.97. The minimum atomic E-state index is -0.598. The molecule has 0 fully saturated rings. The van der Waals surface area contributed by atoms with Crippen LogP contribution in [0, 0.1) is 0 Å². The molecule has 19 heavy (non-hydrogen) atoms. The lowest BCUT2D eigenvalue weighted by molar-refractivity contribution is 0.115. The molecule has 0 aliphatic rings. The van der Waals surface area contributed by atoms with Crippen molar-refractivity contribution in [2.75, 3.05) is 24.7 Å². The molecule has 0 aliphatic heterocycles. The smallest absolute Gasteiger partial charge is 0.245 e. The Hall–Kier alpha value is -1.31. The summed E-state index contributed by atoms with van der Waals surface area (Å²) in [6, 6.07) is 8.04. The van der Waals surface area contributed by atoms with Crippen molar-refractivity contribution < 1.29 is 9.84 Å². The summed E-state index contributed by atoms with van der Waals surface area (Å²) in [4.78, 5) is 1.18. The van der Waals surface area contributed by atoms with Crippen molar-refractivity contribution in [2.24, 2.45) is 0 Å². The van der Waals surface area contributed by atoms with Gasteiger partial charge in [0.1, 0.15) is 18.9 Å². The summed E-state index contributed by atoms with van der Waals surface area (Å²) >= 11 is 2.77. The Balaban J connectivity index is 1.74. The predicted octanol–water partition coefficient (Wildman–Crippen LogP) is 2.11. The third-order valence-electron chi connectivity index (χ3n) is 2.38. The van der Waals surface area contributed by atoms with Crippen molar-refractivity contribution in [3.05, 3.63) is 30.5 Å². The highest BCUT2D eigenvalue weighted by Crippen LogP contribution is 2.18. The molecule has 1 unspecified atom stereocenters. The van der Waals surface area contributed by atoms with Crippen LogP contribution < -0.4 is 10.1 Å². The van der Waals surface area contributed by atoms with Crippen LogP contribution >= 0.6 is 23.5 Å². The van der Waals surface area contributed by atoms with Gasteiger partial charge in [-0.25, -0.2) is 0 Å². The Bertz CT molecular complexity index is 493. The SMILES string of the molecule is CSc1cccc(NCC(O)COc2cnsn2)c1. The second-order valence-corrected chi connectivity index (χ2v) is 5.26. The number of thioether (sulfide) groups is 1. The zero-order valence-electron chi connectivity index (χ0n) is 10.4. The van der Waals surface area contributed by atoms with Crippen LogP contribution in [0.25, 0.3) is 0 Å². The van der Waals surface area contributed by atoms with E-state index in [1.165, 1.54) is 11.1 Å². The van der Waals surface area contributed by atoms with Gasteiger partial charge in [-0.2, -0.15) is 4.37 Å². The highest BCUT2D eigenvalue weighted by Gasteiger charge is 2.06. The highest BCUT2D eigenvalue weighted by molar-refractivity contribution is 7.98. The molecule has 0 bridgehead atoms. The maximum atomic E-state index is 9.80. The fraction of sp³-hybridized carbons (Fsp3) is 0.333. The van der Waals surface area contributed by atoms with Crippen LogP contribution in [0.3, 0.4) is 0 Å². The quantitative estimate of drug-likeness (QED) is 0.763. The van der Waals surface area contributed by atoms with E-state index in [2.05, 4.69) is 14.1 Å². The first-order chi connectivity index (χ1) is 9.28. The Morgan fingerprint density at radius 1 is 1.53 bits per heavy atom. The number of rotatable bonds is 7. The van der Waals surface area contributed by atoms with Crippen molar-refractivity contribution in [2.45, 2.75) is 11.0 Å². The predicted molar refractivity (Wildman–Crippen MR) is 78.1 cm³/mol. The van der Waals surface area contributed by atoms with Gasteiger partial charge in [-0.1, -0.05) is 6.07 Å². The summed E-state index contributed by atoms with van der Waals surface area (Å²) in [5.41, 5.74) is 0.987. The van der Waals surface area contributed by atoms with Gasteiger partial charge in [0.15, 0.2) is 0 Å². The van der Waals surface area contributed by atoms with Crippen LogP contribution in [0.1, 0.15) is 0 Å². The fourth-order valence-electron chi connectivity index (χ4n) is 1.43. The van der Waals surface area contributed by atoms with E-state index >= 15 is 0 Å².